The molecule has 0 saturated heterocycles. The monoisotopic (exact) mass is 264 g/mol. The Balaban J connectivity index is 2.44. The molecule has 18 heavy (non-hydrogen) atoms. The fraction of sp³-hybridized carbons (Fsp3) is 0. The van der Waals surface area contributed by atoms with Crippen molar-refractivity contribution in [2.45, 2.75) is 0 Å². The van der Waals surface area contributed by atoms with Crippen LogP contribution in [0.2, 0.25) is 5.02 Å². The summed E-state index contributed by atoms with van der Waals surface area (Å²) in [5.41, 5.74) is 0.464. The molecule has 0 aliphatic heterocycles. The van der Waals surface area contributed by atoms with Gasteiger partial charge >= 0.3 is 0 Å². The second-order valence-corrected chi connectivity index (χ2v) is 3.93. The van der Waals surface area contributed by atoms with Gasteiger partial charge in [-0.25, -0.2) is 8.78 Å². The highest BCUT2D eigenvalue weighted by molar-refractivity contribution is 6.32. The maximum Gasteiger partial charge on any atom is 0.146 e. The van der Waals surface area contributed by atoms with E-state index in [0.717, 1.165) is 18.2 Å². The van der Waals surface area contributed by atoms with Crippen LogP contribution in [0.1, 0.15) is 5.56 Å². The number of benzene rings is 2. The Morgan fingerprint density at radius 3 is 2.61 bits per heavy atom. The Kier molecular flexibility index (Phi) is 3.45. The number of nitriles is 1. The zero-order valence-corrected chi connectivity index (χ0v) is 9.80. The molecule has 90 valence electrons. The summed E-state index contributed by atoms with van der Waals surface area (Å²) in [4.78, 5) is 0. The van der Waals surface area contributed by atoms with Gasteiger partial charge in [0.05, 0.1) is 22.0 Å². The first-order chi connectivity index (χ1) is 8.61. The molecule has 2 nitrogen and oxygen atoms in total. The minimum atomic E-state index is -0.611. The van der Waals surface area contributed by atoms with Crippen molar-refractivity contribution >= 4 is 23.0 Å². The first kappa shape index (κ1) is 12.3. The molecule has 0 spiro atoms. The Bertz CT molecular complexity index is 635. The van der Waals surface area contributed by atoms with E-state index in [1.165, 1.54) is 0 Å². The molecule has 0 saturated carbocycles. The predicted molar refractivity (Wildman–Crippen MR) is 65.8 cm³/mol. The highest BCUT2D eigenvalue weighted by Crippen LogP contribution is 2.27. The molecule has 0 aromatic heterocycles. The summed E-state index contributed by atoms with van der Waals surface area (Å²) in [7, 11) is 0. The average Bonchev–Trinajstić information content (AvgIpc) is 2.34. The van der Waals surface area contributed by atoms with Crippen LogP contribution in [-0.4, -0.2) is 0 Å². The van der Waals surface area contributed by atoms with Gasteiger partial charge in [0.1, 0.15) is 17.7 Å². The van der Waals surface area contributed by atoms with Crippen molar-refractivity contribution < 1.29 is 8.78 Å². The molecule has 0 aliphatic carbocycles. The molecule has 0 bridgehead atoms. The molecular weight excluding hydrogens is 258 g/mol. The number of hydrogen-bond donors (Lipinski definition) is 1. The molecule has 0 radical (unpaired) electrons. The quantitative estimate of drug-likeness (QED) is 0.881. The van der Waals surface area contributed by atoms with Gasteiger partial charge < -0.3 is 5.32 Å². The molecule has 0 aliphatic rings. The van der Waals surface area contributed by atoms with Crippen molar-refractivity contribution in [3.05, 3.63) is 58.6 Å². The van der Waals surface area contributed by atoms with E-state index in [2.05, 4.69) is 5.32 Å². The van der Waals surface area contributed by atoms with E-state index in [9.17, 15) is 8.78 Å². The summed E-state index contributed by atoms with van der Waals surface area (Å²) in [5, 5.41) is 11.9. The van der Waals surface area contributed by atoms with E-state index < -0.39 is 11.6 Å². The van der Waals surface area contributed by atoms with Crippen molar-refractivity contribution in [1.82, 2.24) is 0 Å². The lowest BCUT2D eigenvalue weighted by molar-refractivity contribution is 0.603. The zero-order valence-electron chi connectivity index (χ0n) is 9.05. The van der Waals surface area contributed by atoms with Crippen LogP contribution in [0.5, 0.6) is 0 Å². The fourth-order valence-electron chi connectivity index (χ4n) is 1.48. The molecule has 2 aromatic rings. The van der Waals surface area contributed by atoms with Gasteiger partial charge in [0.25, 0.3) is 0 Å². The SMILES string of the molecule is N#Cc1c(Cl)cccc1Nc1cc(F)ccc1F. The van der Waals surface area contributed by atoms with Gasteiger partial charge in [-0.3, -0.25) is 0 Å². The summed E-state index contributed by atoms with van der Waals surface area (Å²) in [6.07, 6.45) is 0. The lowest BCUT2D eigenvalue weighted by Crippen LogP contribution is -1.97. The van der Waals surface area contributed by atoms with Crippen LogP contribution in [0.3, 0.4) is 0 Å². The molecule has 2 rings (SSSR count). The second kappa shape index (κ2) is 5.03. The summed E-state index contributed by atoms with van der Waals surface area (Å²) in [5.74, 6) is -1.18. The van der Waals surface area contributed by atoms with E-state index in [1.807, 2.05) is 6.07 Å². The summed E-state index contributed by atoms with van der Waals surface area (Å²) >= 11 is 5.84. The maximum absolute atomic E-state index is 13.4. The van der Waals surface area contributed by atoms with Crippen molar-refractivity contribution in [3.8, 4) is 6.07 Å². The van der Waals surface area contributed by atoms with Crippen molar-refractivity contribution in [2.75, 3.05) is 5.32 Å². The largest absolute Gasteiger partial charge is 0.352 e. The molecule has 0 heterocycles. The molecule has 2 aromatic carbocycles. The van der Waals surface area contributed by atoms with Crippen LogP contribution < -0.4 is 5.32 Å². The van der Waals surface area contributed by atoms with Crippen molar-refractivity contribution in [3.63, 3.8) is 0 Å². The Labute approximate surface area is 107 Å². The minimum absolute atomic E-state index is 0.0474. The van der Waals surface area contributed by atoms with E-state index in [4.69, 9.17) is 16.9 Å². The highest BCUT2D eigenvalue weighted by atomic mass is 35.5. The Hall–Kier alpha value is -2.12. The lowest BCUT2D eigenvalue weighted by Gasteiger charge is -2.10. The van der Waals surface area contributed by atoms with Crippen LogP contribution in [0.25, 0.3) is 0 Å². The number of anilines is 2. The first-order valence-corrected chi connectivity index (χ1v) is 5.40. The van der Waals surface area contributed by atoms with E-state index >= 15 is 0 Å². The Morgan fingerprint density at radius 2 is 1.89 bits per heavy atom. The first-order valence-electron chi connectivity index (χ1n) is 5.02. The summed E-state index contributed by atoms with van der Waals surface area (Å²) in [6, 6.07) is 9.67. The van der Waals surface area contributed by atoms with Crippen LogP contribution in [-0.2, 0) is 0 Å². The number of hydrogen-bond acceptors (Lipinski definition) is 2. The van der Waals surface area contributed by atoms with Gasteiger partial charge in [-0.1, -0.05) is 17.7 Å². The van der Waals surface area contributed by atoms with Crippen molar-refractivity contribution in [1.29, 1.82) is 5.26 Å². The van der Waals surface area contributed by atoms with Gasteiger partial charge in [0.2, 0.25) is 0 Å². The molecule has 5 heteroatoms. The van der Waals surface area contributed by atoms with Gasteiger partial charge in [0.15, 0.2) is 0 Å². The van der Waals surface area contributed by atoms with E-state index in [-0.39, 0.29) is 16.3 Å². The number of rotatable bonds is 2. The second-order valence-electron chi connectivity index (χ2n) is 3.52. The van der Waals surface area contributed by atoms with Gasteiger partial charge in [-0.05, 0) is 24.3 Å². The maximum atomic E-state index is 13.4. The van der Waals surface area contributed by atoms with Crippen LogP contribution in [0.4, 0.5) is 20.2 Å². The van der Waals surface area contributed by atoms with Crippen LogP contribution in [0.15, 0.2) is 36.4 Å². The summed E-state index contributed by atoms with van der Waals surface area (Å²) in [6.45, 7) is 0. The van der Waals surface area contributed by atoms with E-state index in [0.29, 0.717) is 5.69 Å². The van der Waals surface area contributed by atoms with Crippen LogP contribution in [0, 0.1) is 23.0 Å². The Morgan fingerprint density at radius 1 is 1.11 bits per heavy atom. The van der Waals surface area contributed by atoms with Gasteiger partial charge in [-0.2, -0.15) is 5.26 Å². The molecule has 0 unspecified atom stereocenters. The average molecular weight is 265 g/mol. The van der Waals surface area contributed by atoms with Gasteiger partial charge in [-0.15, -0.1) is 0 Å². The molecule has 1 N–H and O–H groups in total. The number of nitrogens with zero attached hydrogens (tertiary/aromatic N) is 1. The normalized spacial score (nSPS) is 9.89. The summed E-state index contributed by atoms with van der Waals surface area (Å²) < 4.78 is 26.5. The third kappa shape index (κ3) is 2.41. The molecular formula is C13H7ClF2N2. The van der Waals surface area contributed by atoms with Crippen LogP contribution >= 0.6 is 11.6 Å². The standard InChI is InChI=1S/C13H7ClF2N2/c14-10-2-1-3-12(9(10)7-17)18-13-6-8(15)4-5-11(13)16/h1-6,18H. The zero-order chi connectivity index (χ0) is 13.1. The minimum Gasteiger partial charge on any atom is -0.352 e. The third-order valence-corrected chi connectivity index (χ3v) is 2.64. The molecule has 0 amide bonds. The number of halogens is 3. The topological polar surface area (TPSA) is 35.8 Å². The fourth-order valence-corrected chi connectivity index (χ4v) is 1.70. The number of nitrogens with one attached hydrogen (secondary N) is 1. The van der Waals surface area contributed by atoms with Crippen molar-refractivity contribution in [2.24, 2.45) is 0 Å². The van der Waals surface area contributed by atoms with E-state index in [1.54, 1.807) is 18.2 Å². The molecule has 0 fully saturated rings. The smallest absolute Gasteiger partial charge is 0.146 e. The highest BCUT2D eigenvalue weighted by Gasteiger charge is 2.09. The molecule has 0 atom stereocenters. The lowest BCUT2D eigenvalue weighted by atomic mass is 10.2. The predicted octanol–water partition coefficient (Wildman–Crippen LogP) is 4.23. The van der Waals surface area contributed by atoms with Gasteiger partial charge in [0, 0.05) is 6.07 Å². The third-order valence-electron chi connectivity index (χ3n) is 2.32.